The lowest BCUT2D eigenvalue weighted by Crippen LogP contribution is -2.06. The maximum Gasteiger partial charge on any atom is 0.168 e. The second-order valence-electron chi connectivity index (χ2n) is 2.93. The van der Waals surface area contributed by atoms with Crippen LogP contribution >= 0.6 is 27.5 Å². The van der Waals surface area contributed by atoms with Gasteiger partial charge >= 0.3 is 0 Å². The van der Waals surface area contributed by atoms with Gasteiger partial charge in [0.15, 0.2) is 11.6 Å². The number of halogens is 4. The minimum atomic E-state index is -0.852. The van der Waals surface area contributed by atoms with E-state index in [-0.39, 0.29) is 10.9 Å². The number of ketones is 1. The Kier molecular flexibility index (Phi) is 4.67. The van der Waals surface area contributed by atoms with Crippen LogP contribution in [0.3, 0.4) is 0 Å². The average molecular weight is 298 g/mol. The molecule has 0 saturated heterocycles. The molecule has 0 bridgehead atoms. The number of alkyl halides is 1. The van der Waals surface area contributed by atoms with E-state index in [1.54, 1.807) is 0 Å². The summed E-state index contributed by atoms with van der Waals surface area (Å²) < 4.78 is 26.7. The van der Waals surface area contributed by atoms with Crippen LogP contribution in [0.2, 0.25) is 0 Å². The lowest BCUT2D eigenvalue weighted by Gasteiger charge is -2.04. The third kappa shape index (κ3) is 2.98. The first kappa shape index (κ1) is 12.6. The van der Waals surface area contributed by atoms with E-state index in [9.17, 15) is 13.6 Å². The van der Waals surface area contributed by atoms with Gasteiger partial charge in [-0.1, -0.05) is 0 Å². The number of benzene rings is 1. The molecule has 0 amide bonds. The molecule has 0 heterocycles. The number of carbonyl (C=O) groups is 1. The number of carbonyl (C=O) groups excluding carboxylic acids is 1. The van der Waals surface area contributed by atoms with Crippen LogP contribution in [-0.2, 0) is 0 Å². The first-order valence-corrected chi connectivity index (χ1v) is 5.63. The van der Waals surface area contributed by atoms with Crippen LogP contribution in [0.15, 0.2) is 16.6 Å². The lowest BCUT2D eigenvalue weighted by atomic mass is 10.1. The molecule has 1 rings (SSSR count). The highest BCUT2D eigenvalue weighted by Gasteiger charge is 2.18. The van der Waals surface area contributed by atoms with Gasteiger partial charge in [-0.25, -0.2) is 8.78 Å². The molecule has 0 aliphatic heterocycles. The molecule has 0 aromatic heterocycles. The zero-order chi connectivity index (χ0) is 11.4. The highest BCUT2D eigenvalue weighted by Crippen LogP contribution is 2.23. The lowest BCUT2D eigenvalue weighted by molar-refractivity contribution is 0.0973. The smallest absolute Gasteiger partial charge is 0.168 e. The molecule has 0 saturated carbocycles. The molecule has 0 atom stereocenters. The molecule has 1 aromatic carbocycles. The van der Waals surface area contributed by atoms with Crippen LogP contribution in [0.5, 0.6) is 0 Å². The SMILES string of the molecule is O=C(CCCCl)c1c(F)ccc(Br)c1F. The Balaban J connectivity index is 3.02. The van der Waals surface area contributed by atoms with Crippen molar-refractivity contribution in [2.24, 2.45) is 0 Å². The highest BCUT2D eigenvalue weighted by atomic mass is 79.9. The highest BCUT2D eigenvalue weighted by molar-refractivity contribution is 9.10. The van der Waals surface area contributed by atoms with E-state index in [2.05, 4.69) is 15.9 Å². The molecular weight excluding hydrogens is 289 g/mol. The summed E-state index contributed by atoms with van der Waals surface area (Å²) in [5, 5.41) is 0. The van der Waals surface area contributed by atoms with Crippen molar-refractivity contribution in [3.05, 3.63) is 33.8 Å². The van der Waals surface area contributed by atoms with Crippen molar-refractivity contribution in [2.75, 3.05) is 5.88 Å². The normalized spacial score (nSPS) is 10.4. The van der Waals surface area contributed by atoms with Crippen molar-refractivity contribution in [1.29, 1.82) is 0 Å². The Morgan fingerprint density at radius 3 is 2.67 bits per heavy atom. The summed E-state index contributed by atoms with van der Waals surface area (Å²) in [7, 11) is 0. The summed E-state index contributed by atoms with van der Waals surface area (Å²) >= 11 is 8.29. The van der Waals surface area contributed by atoms with Crippen LogP contribution in [0.25, 0.3) is 0 Å². The monoisotopic (exact) mass is 296 g/mol. The predicted octanol–water partition coefficient (Wildman–Crippen LogP) is 3.93. The molecule has 1 nitrogen and oxygen atoms in total. The fourth-order valence-corrected chi connectivity index (χ4v) is 1.60. The van der Waals surface area contributed by atoms with Gasteiger partial charge in [-0.15, -0.1) is 11.6 Å². The van der Waals surface area contributed by atoms with Crippen LogP contribution < -0.4 is 0 Å². The molecule has 82 valence electrons. The van der Waals surface area contributed by atoms with Crippen molar-refractivity contribution < 1.29 is 13.6 Å². The van der Waals surface area contributed by atoms with Crippen molar-refractivity contribution in [3.63, 3.8) is 0 Å². The van der Waals surface area contributed by atoms with Crippen molar-refractivity contribution in [2.45, 2.75) is 12.8 Å². The first-order chi connectivity index (χ1) is 7.07. The fraction of sp³-hybridized carbons (Fsp3) is 0.300. The zero-order valence-electron chi connectivity index (χ0n) is 7.70. The zero-order valence-corrected chi connectivity index (χ0v) is 10.0. The second kappa shape index (κ2) is 5.56. The van der Waals surface area contributed by atoms with E-state index < -0.39 is 23.0 Å². The van der Waals surface area contributed by atoms with Gasteiger partial charge in [0.25, 0.3) is 0 Å². The molecule has 0 fully saturated rings. The summed E-state index contributed by atoms with van der Waals surface area (Å²) in [6, 6.07) is 2.28. The van der Waals surface area contributed by atoms with Gasteiger partial charge in [0.1, 0.15) is 5.82 Å². The van der Waals surface area contributed by atoms with E-state index in [4.69, 9.17) is 11.6 Å². The van der Waals surface area contributed by atoms with Crippen LogP contribution in [0, 0.1) is 11.6 Å². The van der Waals surface area contributed by atoms with E-state index in [0.717, 1.165) is 6.07 Å². The number of Topliss-reactive ketones (excluding diaryl/α,β-unsaturated/α-hetero) is 1. The van der Waals surface area contributed by atoms with Gasteiger partial charge in [-0.05, 0) is 34.5 Å². The maximum absolute atomic E-state index is 13.4. The molecule has 0 spiro atoms. The van der Waals surface area contributed by atoms with E-state index in [1.807, 2.05) is 0 Å². The number of hydrogen-bond donors (Lipinski definition) is 0. The van der Waals surface area contributed by atoms with Gasteiger partial charge in [-0.3, -0.25) is 4.79 Å². The summed E-state index contributed by atoms with van der Waals surface area (Å²) in [4.78, 5) is 11.4. The van der Waals surface area contributed by atoms with E-state index >= 15 is 0 Å². The summed E-state index contributed by atoms with van der Waals surface area (Å²) in [5.41, 5.74) is -0.491. The van der Waals surface area contributed by atoms with E-state index in [1.165, 1.54) is 6.07 Å². The minimum Gasteiger partial charge on any atom is -0.294 e. The fourth-order valence-electron chi connectivity index (χ4n) is 1.14. The quantitative estimate of drug-likeness (QED) is 0.467. The maximum atomic E-state index is 13.4. The third-order valence-electron chi connectivity index (χ3n) is 1.86. The van der Waals surface area contributed by atoms with Crippen molar-refractivity contribution in [1.82, 2.24) is 0 Å². The second-order valence-corrected chi connectivity index (χ2v) is 4.17. The van der Waals surface area contributed by atoms with Crippen LogP contribution in [0.4, 0.5) is 8.78 Å². The molecule has 0 unspecified atom stereocenters. The van der Waals surface area contributed by atoms with Crippen molar-refractivity contribution >= 4 is 33.3 Å². The molecular formula is C10H8BrClF2O. The summed E-state index contributed by atoms with van der Waals surface area (Å²) in [5.74, 6) is -1.96. The minimum absolute atomic E-state index is 0.0494. The van der Waals surface area contributed by atoms with Crippen LogP contribution in [-0.4, -0.2) is 11.7 Å². The Morgan fingerprint density at radius 1 is 1.40 bits per heavy atom. The Morgan fingerprint density at radius 2 is 2.07 bits per heavy atom. The Hall–Kier alpha value is -0.480. The summed E-state index contributed by atoms with van der Waals surface area (Å²) in [6.07, 6.45) is 0.458. The topological polar surface area (TPSA) is 17.1 Å². The first-order valence-electron chi connectivity index (χ1n) is 4.30. The molecule has 5 heteroatoms. The van der Waals surface area contributed by atoms with E-state index in [0.29, 0.717) is 12.3 Å². The van der Waals surface area contributed by atoms with Gasteiger partial charge in [0.05, 0.1) is 10.0 Å². The standard InChI is InChI=1S/C10H8BrClF2O/c11-6-3-4-7(13)9(10(6)14)8(15)2-1-5-12/h3-4H,1-2,5H2. The molecule has 0 aliphatic rings. The average Bonchev–Trinajstić information content (AvgIpc) is 2.21. The number of rotatable bonds is 4. The third-order valence-corrected chi connectivity index (χ3v) is 2.74. The molecule has 0 aliphatic carbocycles. The number of hydrogen-bond acceptors (Lipinski definition) is 1. The predicted molar refractivity (Wildman–Crippen MR) is 58.3 cm³/mol. The summed E-state index contributed by atoms with van der Waals surface area (Å²) in [6.45, 7) is 0. The molecule has 0 radical (unpaired) electrons. The van der Waals surface area contributed by atoms with Gasteiger partial charge in [-0.2, -0.15) is 0 Å². The largest absolute Gasteiger partial charge is 0.294 e. The Bertz CT molecular complexity index is 382. The Labute approximate surface area is 99.6 Å². The van der Waals surface area contributed by atoms with Crippen molar-refractivity contribution in [3.8, 4) is 0 Å². The van der Waals surface area contributed by atoms with Gasteiger partial charge in [0, 0.05) is 12.3 Å². The van der Waals surface area contributed by atoms with Gasteiger partial charge < -0.3 is 0 Å². The van der Waals surface area contributed by atoms with Crippen LogP contribution in [0.1, 0.15) is 23.2 Å². The van der Waals surface area contributed by atoms with Gasteiger partial charge in [0.2, 0.25) is 0 Å². The molecule has 0 N–H and O–H groups in total. The molecule has 1 aromatic rings. The molecule has 15 heavy (non-hydrogen) atoms.